The summed E-state index contributed by atoms with van der Waals surface area (Å²) in [6.07, 6.45) is 0.871. The van der Waals surface area contributed by atoms with Gasteiger partial charge in [0.2, 0.25) is 0 Å². The highest BCUT2D eigenvalue weighted by Gasteiger charge is 2.15. The maximum Gasteiger partial charge on any atom is 0.353 e. The van der Waals surface area contributed by atoms with E-state index in [1.807, 2.05) is 0 Å². The number of nitrogens with zero attached hydrogens (tertiary/aromatic N) is 2. The van der Waals surface area contributed by atoms with E-state index in [1.54, 1.807) is 0 Å². The average Bonchev–Trinajstić information content (AvgIpc) is 2.80. The van der Waals surface area contributed by atoms with Crippen molar-refractivity contribution in [2.45, 2.75) is 0 Å². The summed E-state index contributed by atoms with van der Waals surface area (Å²) in [6.45, 7) is 0. The molecule has 0 bridgehead atoms. The van der Waals surface area contributed by atoms with E-state index in [1.165, 1.54) is 0 Å². The summed E-state index contributed by atoms with van der Waals surface area (Å²) in [7, 11) is 0. The molecule has 2 aromatic heterocycles. The lowest BCUT2D eigenvalue weighted by Crippen LogP contribution is -2.13. The van der Waals surface area contributed by atoms with Crippen molar-refractivity contribution in [2.24, 2.45) is 0 Å². The van der Waals surface area contributed by atoms with Crippen LogP contribution in [0.4, 0.5) is 10.2 Å². The number of carboxylic acid groups (broad SMARTS) is 1. The predicted octanol–water partition coefficient (Wildman–Crippen LogP) is 1.55. The van der Waals surface area contributed by atoms with Crippen molar-refractivity contribution in [3.63, 3.8) is 0 Å². The van der Waals surface area contributed by atoms with Crippen LogP contribution in [0.3, 0.4) is 0 Å². The van der Waals surface area contributed by atoms with Gasteiger partial charge in [0.1, 0.15) is 16.7 Å². The minimum Gasteiger partial charge on any atom is -0.477 e. The summed E-state index contributed by atoms with van der Waals surface area (Å²) in [5.74, 6) is -2.72. The van der Waals surface area contributed by atoms with Crippen LogP contribution in [0.1, 0.15) is 20.8 Å². The second-order valence-corrected chi connectivity index (χ2v) is 3.78. The van der Waals surface area contributed by atoms with Gasteiger partial charge in [-0.1, -0.05) is 11.6 Å². The van der Waals surface area contributed by atoms with Crippen molar-refractivity contribution >= 4 is 29.3 Å². The van der Waals surface area contributed by atoms with Crippen molar-refractivity contribution in [2.75, 3.05) is 5.32 Å². The Hall–Kier alpha value is -2.48. The Kier molecular flexibility index (Phi) is 3.43. The van der Waals surface area contributed by atoms with Crippen LogP contribution < -0.4 is 5.32 Å². The molecule has 0 unspecified atom stereocenters. The van der Waals surface area contributed by atoms with Crippen LogP contribution >= 0.6 is 11.6 Å². The van der Waals surface area contributed by atoms with E-state index in [4.69, 9.17) is 16.7 Å². The first-order valence-electron chi connectivity index (χ1n) is 4.88. The monoisotopic (exact) mass is 284 g/mol. The third kappa shape index (κ3) is 2.86. The van der Waals surface area contributed by atoms with E-state index in [0.29, 0.717) is 0 Å². The number of aromatic carboxylic acids is 1. The number of pyridine rings is 1. The van der Waals surface area contributed by atoms with E-state index in [9.17, 15) is 14.0 Å². The van der Waals surface area contributed by atoms with E-state index >= 15 is 0 Å². The number of amides is 1. The molecule has 1 amide bonds. The maximum absolute atomic E-state index is 13.0. The zero-order valence-electron chi connectivity index (χ0n) is 9.15. The molecule has 0 aliphatic heterocycles. The number of rotatable bonds is 3. The molecule has 2 rings (SSSR count). The quantitative estimate of drug-likeness (QED) is 0.741. The fourth-order valence-electron chi connectivity index (χ4n) is 1.26. The number of carbonyl (C=O) groups excluding carboxylic acids is 1. The van der Waals surface area contributed by atoms with E-state index < -0.39 is 17.7 Å². The molecule has 9 heteroatoms. The highest BCUT2D eigenvalue weighted by molar-refractivity contribution is 6.33. The number of carboxylic acids is 1. The number of anilines is 1. The summed E-state index contributed by atoms with van der Waals surface area (Å²) in [6, 6.07) is 2.02. The zero-order chi connectivity index (χ0) is 14.0. The number of hydrogen-bond acceptors (Lipinski definition) is 4. The second kappa shape index (κ2) is 5.02. The maximum atomic E-state index is 13.0. The Labute approximate surface area is 110 Å². The molecule has 0 saturated heterocycles. The largest absolute Gasteiger partial charge is 0.477 e. The molecular formula is C10H6ClFN4O3. The van der Waals surface area contributed by atoms with E-state index in [-0.39, 0.29) is 22.2 Å². The van der Waals surface area contributed by atoms with Gasteiger partial charge >= 0.3 is 5.97 Å². The molecular weight excluding hydrogens is 279 g/mol. The first-order valence-corrected chi connectivity index (χ1v) is 5.26. The van der Waals surface area contributed by atoms with Crippen LogP contribution in [0.5, 0.6) is 0 Å². The Bertz CT molecular complexity index is 658. The molecule has 98 valence electrons. The third-order valence-corrected chi connectivity index (χ3v) is 2.40. The van der Waals surface area contributed by atoms with Gasteiger partial charge in [-0.15, -0.1) is 0 Å². The lowest BCUT2D eigenvalue weighted by Gasteiger charge is -2.03. The van der Waals surface area contributed by atoms with Gasteiger partial charge in [0.25, 0.3) is 5.91 Å². The van der Waals surface area contributed by atoms with Crippen molar-refractivity contribution in [1.82, 2.24) is 15.2 Å². The Morgan fingerprint density at radius 1 is 1.42 bits per heavy atom. The Balaban J connectivity index is 2.20. The fourth-order valence-corrected chi connectivity index (χ4v) is 1.45. The molecule has 0 aliphatic rings. The third-order valence-electron chi connectivity index (χ3n) is 2.10. The highest BCUT2D eigenvalue weighted by Crippen LogP contribution is 2.15. The number of carbonyl (C=O) groups is 2. The molecule has 0 aliphatic carbocycles. The van der Waals surface area contributed by atoms with Gasteiger partial charge < -0.3 is 10.4 Å². The van der Waals surface area contributed by atoms with E-state index in [2.05, 4.69) is 20.5 Å². The second-order valence-electron chi connectivity index (χ2n) is 3.42. The standard InChI is InChI=1S/C10H6ClFN4O3/c11-8-5(1-4(12)3-13-8)9(17)14-7-2-6(10(18)19)15-16-7/h1-3H,(H,18,19)(H2,14,15,16,17). The summed E-state index contributed by atoms with van der Waals surface area (Å²) in [4.78, 5) is 25.8. The molecule has 2 heterocycles. The Morgan fingerprint density at radius 3 is 2.79 bits per heavy atom. The van der Waals surface area contributed by atoms with Gasteiger partial charge in [0, 0.05) is 6.07 Å². The van der Waals surface area contributed by atoms with Gasteiger partial charge in [-0.25, -0.2) is 14.2 Å². The number of aromatic amines is 1. The smallest absolute Gasteiger partial charge is 0.353 e. The summed E-state index contributed by atoms with van der Waals surface area (Å²) in [5, 5.41) is 16.5. The molecule has 0 atom stereocenters. The van der Waals surface area contributed by atoms with Crippen LogP contribution in [-0.4, -0.2) is 32.2 Å². The van der Waals surface area contributed by atoms with Crippen LogP contribution in [0.25, 0.3) is 0 Å². The van der Waals surface area contributed by atoms with Gasteiger partial charge in [-0.05, 0) is 6.07 Å². The fraction of sp³-hybridized carbons (Fsp3) is 0. The van der Waals surface area contributed by atoms with Gasteiger partial charge in [-0.3, -0.25) is 9.89 Å². The van der Waals surface area contributed by atoms with Gasteiger partial charge in [0.15, 0.2) is 5.82 Å². The minimum absolute atomic E-state index is 0.0253. The minimum atomic E-state index is -1.22. The van der Waals surface area contributed by atoms with Crippen molar-refractivity contribution in [1.29, 1.82) is 0 Å². The van der Waals surface area contributed by atoms with E-state index in [0.717, 1.165) is 18.3 Å². The predicted molar refractivity (Wildman–Crippen MR) is 62.7 cm³/mol. The summed E-state index contributed by atoms with van der Waals surface area (Å²) >= 11 is 5.65. The highest BCUT2D eigenvalue weighted by atomic mass is 35.5. The number of aromatic nitrogens is 3. The van der Waals surface area contributed by atoms with Crippen LogP contribution in [-0.2, 0) is 0 Å². The SMILES string of the molecule is O=C(O)c1cc(NC(=O)c2cc(F)cnc2Cl)n[nH]1. The van der Waals surface area contributed by atoms with Gasteiger partial charge in [0.05, 0.1) is 11.8 Å². The molecule has 0 radical (unpaired) electrons. The number of H-pyrrole nitrogens is 1. The normalized spacial score (nSPS) is 10.2. The number of hydrogen-bond donors (Lipinski definition) is 3. The lowest BCUT2D eigenvalue weighted by atomic mass is 10.2. The van der Waals surface area contributed by atoms with Crippen molar-refractivity contribution in [3.05, 3.63) is 40.6 Å². The molecule has 19 heavy (non-hydrogen) atoms. The molecule has 7 nitrogen and oxygen atoms in total. The molecule has 0 aromatic carbocycles. The molecule has 3 N–H and O–H groups in total. The Morgan fingerprint density at radius 2 is 2.16 bits per heavy atom. The lowest BCUT2D eigenvalue weighted by molar-refractivity contribution is 0.0690. The zero-order valence-corrected chi connectivity index (χ0v) is 9.90. The summed E-state index contributed by atoms with van der Waals surface area (Å²) in [5.41, 5.74) is -0.375. The van der Waals surface area contributed by atoms with Crippen LogP contribution in [0.15, 0.2) is 18.3 Å². The first-order chi connectivity index (χ1) is 8.97. The average molecular weight is 285 g/mol. The topological polar surface area (TPSA) is 108 Å². The van der Waals surface area contributed by atoms with Crippen LogP contribution in [0, 0.1) is 5.82 Å². The molecule has 0 fully saturated rings. The molecule has 2 aromatic rings. The number of nitrogens with one attached hydrogen (secondary N) is 2. The summed E-state index contributed by atoms with van der Waals surface area (Å²) < 4.78 is 13.0. The molecule has 0 spiro atoms. The molecule has 0 saturated carbocycles. The first kappa shape index (κ1) is 13.0. The van der Waals surface area contributed by atoms with Crippen molar-refractivity contribution < 1.29 is 19.1 Å². The number of halogens is 2. The van der Waals surface area contributed by atoms with Crippen molar-refractivity contribution in [3.8, 4) is 0 Å². The van der Waals surface area contributed by atoms with Gasteiger partial charge in [-0.2, -0.15) is 5.10 Å². The van der Waals surface area contributed by atoms with Crippen LogP contribution in [0.2, 0.25) is 5.15 Å².